The first-order valence-electron chi connectivity index (χ1n) is 4.74. The molecule has 0 unspecified atom stereocenters. The van der Waals surface area contributed by atoms with E-state index in [1.54, 1.807) is 29.5 Å². The Bertz CT molecular complexity index is 592. The van der Waals surface area contributed by atoms with Crippen molar-refractivity contribution in [1.82, 2.24) is 0 Å². The fourth-order valence-corrected chi connectivity index (χ4v) is 3.77. The van der Waals surface area contributed by atoms with Gasteiger partial charge in [-0.1, -0.05) is 27.5 Å². The van der Waals surface area contributed by atoms with Crippen molar-refractivity contribution in [1.29, 1.82) is 0 Å². The smallest absolute Gasteiger partial charge is 0.195 e. The Morgan fingerprint density at radius 1 is 1.24 bits per heavy atom. The SMILES string of the molecule is Cc1sc(Br)cc1C(=O)c1cc(Cl)ccc1Br. The molecule has 5 heteroatoms. The Balaban J connectivity index is 2.50. The zero-order chi connectivity index (χ0) is 12.6. The molecule has 0 aliphatic carbocycles. The molecule has 0 spiro atoms. The molecule has 1 aromatic carbocycles. The van der Waals surface area contributed by atoms with Gasteiger partial charge in [0.05, 0.1) is 3.79 Å². The molecule has 0 bridgehead atoms. The highest BCUT2D eigenvalue weighted by atomic mass is 79.9. The Kier molecular flexibility index (Phi) is 4.08. The van der Waals surface area contributed by atoms with E-state index in [2.05, 4.69) is 31.9 Å². The van der Waals surface area contributed by atoms with Gasteiger partial charge in [0, 0.05) is 25.5 Å². The van der Waals surface area contributed by atoms with Crippen LogP contribution in [0.5, 0.6) is 0 Å². The first-order valence-corrected chi connectivity index (χ1v) is 7.53. The molecule has 0 atom stereocenters. The molecule has 0 fully saturated rings. The Labute approximate surface area is 125 Å². The molecule has 2 aromatic rings. The fourth-order valence-electron chi connectivity index (χ4n) is 1.49. The maximum absolute atomic E-state index is 12.4. The molecule has 0 aliphatic rings. The fraction of sp³-hybridized carbons (Fsp3) is 0.0833. The molecule has 0 amide bonds. The van der Waals surface area contributed by atoms with Gasteiger partial charge in [-0.25, -0.2) is 0 Å². The molecule has 0 saturated heterocycles. The van der Waals surface area contributed by atoms with Gasteiger partial charge in [0.15, 0.2) is 5.78 Å². The van der Waals surface area contributed by atoms with E-state index in [9.17, 15) is 4.79 Å². The lowest BCUT2D eigenvalue weighted by molar-refractivity contribution is 0.103. The standard InChI is InChI=1S/C12H7Br2ClOS/c1-6-8(5-11(14)17-6)12(16)9-4-7(15)2-3-10(9)13/h2-5H,1H3. The van der Waals surface area contributed by atoms with Crippen LogP contribution in [0.4, 0.5) is 0 Å². The van der Waals surface area contributed by atoms with Gasteiger partial charge < -0.3 is 0 Å². The third-order valence-electron chi connectivity index (χ3n) is 2.31. The highest BCUT2D eigenvalue weighted by molar-refractivity contribution is 9.11. The molecule has 1 aromatic heterocycles. The summed E-state index contributed by atoms with van der Waals surface area (Å²) in [5, 5.41) is 0.559. The van der Waals surface area contributed by atoms with E-state index in [0.717, 1.165) is 13.1 Å². The van der Waals surface area contributed by atoms with Crippen molar-refractivity contribution in [2.45, 2.75) is 6.92 Å². The number of aryl methyl sites for hydroxylation is 1. The number of ketones is 1. The van der Waals surface area contributed by atoms with Crippen molar-refractivity contribution in [3.63, 3.8) is 0 Å². The zero-order valence-electron chi connectivity index (χ0n) is 8.76. The van der Waals surface area contributed by atoms with Gasteiger partial charge in [-0.15, -0.1) is 11.3 Å². The van der Waals surface area contributed by atoms with Crippen LogP contribution < -0.4 is 0 Å². The topological polar surface area (TPSA) is 17.1 Å². The number of benzene rings is 1. The van der Waals surface area contributed by atoms with E-state index < -0.39 is 0 Å². The van der Waals surface area contributed by atoms with Crippen molar-refractivity contribution in [2.24, 2.45) is 0 Å². The van der Waals surface area contributed by atoms with Crippen molar-refractivity contribution in [2.75, 3.05) is 0 Å². The van der Waals surface area contributed by atoms with Crippen LogP contribution in [0.3, 0.4) is 0 Å². The van der Waals surface area contributed by atoms with Gasteiger partial charge in [-0.2, -0.15) is 0 Å². The van der Waals surface area contributed by atoms with Crippen LogP contribution in [0, 0.1) is 6.92 Å². The minimum atomic E-state index is -0.0150. The van der Waals surface area contributed by atoms with Gasteiger partial charge in [0.25, 0.3) is 0 Å². The third-order valence-corrected chi connectivity index (χ3v) is 4.79. The molecular weight excluding hydrogens is 387 g/mol. The summed E-state index contributed by atoms with van der Waals surface area (Å²) in [5.74, 6) is -0.0150. The Morgan fingerprint density at radius 3 is 2.53 bits per heavy atom. The lowest BCUT2D eigenvalue weighted by atomic mass is 10.0. The predicted molar refractivity (Wildman–Crippen MR) is 79.3 cm³/mol. The van der Waals surface area contributed by atoms with E-state index in [4.69, 9.17) is 11.6 Å². The largest absolute Gasteiger partial charge is 0.289 e. The number of thiophene rings is 1. The summed E-state index contributed by atoms with van der Waals surface area (Å²) in [6.45, 7) is 1.93. The van der Waals surface area contributed by atoms with E-state index in [-0.39, 0.29) is 5.78 Å². The maximum Gasteiger partial charge on any atom is 0.195 e. The second kappa shape index (κ2) is 5.22. The molecule has 0 N–H and O–H groups in total. The zero-order valence-corrected chi connectivity index (χ0v) is 13.5. The highest BCUT2D eigenvalue weighted by Crippen LogP contribution is 2.30. The van der Waals surface area contributed by atoms with E-state index in [1.807, 2.05) is 13.0 Å². The molecule has 2 rings (SSSR count). The van der Waals surface area contributed by atoms with Crippen molar-refractivity contribution in [3.8, 4) is 0 Å². The molecular formula is C12H7Br2ClOS. The van der Waals surface area contributed by atoms with Crippen molar-refractivity contribution in [3.05, 3.63) is 53.6 Å². The van der Waals surface area contributed by atoms with Crippen molar-refractivity contribution >= 4 is 60.6 Å². The lowest BCUT2D eigenvalue weighted by Crippen LogP contribution is -2.02. The van der Waals surface area contributed by atoms with E-state index in [0.29, 0.717) is 16.1 Å². The van der Waals surface area contributed by atoms with Crippen LogP contribution in [-0.2, 0) is 0 Å². The maximum atomic E-state index is 12.4. The minimum absolute atomic E-state index is 0.0150. The van der Waals surface area contributed by atoms with Crippen LogP contribution in [0.25, 0.3) is 0 Å². The summed E-state index contributed by atoms with van der Waals surface area (Å²) in [5.41, 5.74) is 1.30. The minimum Gasteiger partial charge on any atom is -0.289 e. The number of hydrogen-bond donors (Lipinski definition) is 0. The van der Waals surface area contributed by atoms with Crippen LogP contribution >= 0.6 is 54.8 Å². The first kappa shape index (κ1) is 13.3. The second-order valence-electron chi connectivity index (χ2n) is 3.47. The van der Waals surface area contributed by atoms with Crippen LogP contribution in [-0.4, -0.2) is 5.78 Å². The number of hydrogen-bond acceptors (Lipinski definition) is 2. The molecule has 0 saturated carbocycles. The summed E-state index contributed by atoms with van der Waals surface area (Å²) in [6, 6.07) is 7.06. The molecule has 1 nitrogen and oxygen atoms in total. The van der Waals surface area contributed by atoms with Crippen LogP contribution in [0.2, 0.25) is 5.02 Å². The lowest BCUT2D eigenvalue weighted by Gasteiger charge is -2.03. The average molecular weight is 395 g/mol. The van der Waals surface area contributed by atoms with Gasteiger partial charge in [0.2, 0.25) is 0 Å². The van der Waals surface area contributed by atoms with Crippen molar-refractivity contribution < 1.29 is 4.79 Å². The third kappa shape index (κ3) is 2.81. The Hall–Kier alpha value is -0.160. The quantitative estimate of drug-likeness (QED) is 0.618. The number of carbonyl (C=O) groups excluding carboxylic acids is 1. The van der Waals surface area contributed by atoms with E-state index >= 15 is 0 Å². The summed E-state index contributed by atoms with van der Waals surface area (Å²) in [4.78, 5) is 13.3. The monoisotopic (exact) mass is 392 g/mol. The molecule has 88 valence electrons. The number of rotatable bonds is 2. The van der Waals surface area contributed by atoms with E-state index in [1.165, 1.54) is 0 Å². The highest BCUT2D eigenvalue weighted by Gasteiger charge is 2.17. The summed E-state index contributed by atoms with van der Waals surface area (Å²) in [7, 11) is 0. The van der Waals surface area contributed by atoms with Crippen LogP contribution in [0.15, 0.2) is 32.5 Å². The van der Waals surface area contributed by atoms with Gasteiger partial charge in [0.1, 0.15) is 0 Å². The molecule has 0 radical (unpaired) electrons. The second-order valence-corrected chi connectivity index (χ2v) is 7.40. The van der Waals surface area contributed by atoms with Gasteiger partial charge in [-0.3, -0.25) is 4.79 Å². The molecule has 0 aliphatic heterocycles. The number of carbonyl (C=O) groups is 1. The van der Waals surface area contributed by atoms with Crippen LogP contribution in [0.1, 0.15) is 20.8 Å². The Morgan fingerprint density at radius 2 is 1.94 bits per heavy atom. The van der Waals surface area contributed by atoms with Gasteiger partial charge >= 0.3 is 0 Å². The molecule has 1 heterocycles. The summed E-state index contributed by atoms with van der Waals surface area (Å²) in [6.07, 6.45) is 0. The normalized spacial score (nSPS) is 10.6. The molecule has 17 heavy (non-hydrogen) atoms. The predicted octanol–water partition coefficient (Wildman–Crippen LogP) is 5.47. The van der Waals surface area contributed by atoms with Gasteiger partial charge in [-0.05, 0) is 47.1 Å². The summed E-state index contributed by atoms with van der Waals surface area (Å²) < 4.78 is 1.71. The first-order chi connectivity index (χ1) is 7.99. The summed E-state index contributed by atoms with van der Waals surface area (Å²) >= 11 is 14.2. The number of halogens is 3. The average Bonchev–Trinajstić information content (AvgIpc) is 2.60.